The lowest BCUT2D eigenvalue weighted by Gasteiger charge is -2.34. The summed E-state index contributed by atoms with van der Waals surface area (Å²) in [5.74, 6) is 0.345. The number of aromatic nitrogens is 4. The molecule has 2 aromatic heterocycles. The topological polar surface area (TPSA) is 76.4 Å². The standard InChI is InChI=1S/C25H25FN6O2/c1-17-13-24(22-14-21(34-2)7-8-23(22)27-17)32-16-20(28-29-32)15-30-9-11-31(12-10-30)25(33)18-3-5-19(26)6-4-18/h3-8,13-14,16H,9-12,15H2,1-2H3. The first-order valence-corrected chi connectivity index (χ1v) is 11.1. The van der Waals surface area contributed by atoms with Crippen LogP contribution in [0.2, 0.25) is 0 Å². The number of aryl methyl sites for hydroxylation is 1. The fraction of sp³-hybridized carbons (Fsp3) is 0.280. The molecule has 0 spiro atoms. The largest absolute Gasteiger partial charge is 0.497 e. The van der Waals surface area contributed by atoms with Gasteiger partial charge in [0.25, 0.3) is 5.91 Å². The van der Waals surface area contributed by atoms with Gasteiger partial charge in [0.2, 0.25) is 0 Å². The molecule has 4 aromatic rings. The number of amides is 1. The van der Waals surface area contributed by atoms with Crippen molar-refractivity contribution < 1.29 is 13.9 Å². The molecule has 1 saturated heterocycles. The van der Waals surface area contributed by atoms with Crippen molar-refractivity contribution in [3.8, 4) is 11.4 Å². The minimum absolute atomic E-state index is 0.0686. The highest BCUT2D eigenvalue weighted by Gasteiger charge is 2.23. The lowest BCUT2D eigenvalue weighted by molar-refractivity contribution is 0.0627. The third-order valence-corrected chi connectivity index (χ3v) is 6.05. The highest BCUT2D eigenvalue weighted by atomic mass is 19.1. The molecule has 0 saturated carbocycles. The number of rotatable bonds is 5. The maximum absolute atomic E-state index is 13.1. The summed E-state index contributed by atoms with van der Waals surface area (Å²) in [4.78, 5) is 21.3. The molecule has 0 atom stereocenters. The van der Waals surface area contributed by atoms with Gasteiger partial charge in [-0.2, -0.15) is 0 Å². The van der Waals surface area contributed by atoms with E-state index < -0.39 is 0 Å². The van der Waals surface area contributed by atoms with Crippen molar-refractivity contribution in [2.45, 2.75) is 13.5 Å². The summed E-state index contributed by atoms with van der Waals surface area (Å²) in [6, 6.07) is 13.5. The molecule has 2 aromatic carbocycles. The zero-order valence-corrected chi connectivity index (χ0v) is 19.1. The van der Waals surface area contributed by atoms with E-state index in [0.717, 1.165) is 46.8 Å². The van der Waals surface area contributed by atoms with Gasteiger partial charge in [-0.3, -0.25) is 14.7 Å². The molecule has 5 rings (SSSR count). The number of hydrogen-bond acceptors (Lipinski definition) is 6. The normalized spacial score (nSPS) is 14.5. The predicted molar refractivity (Wildman–Crippen MR) is 126 cm³/mol. The van der Waals surface area contributed by atoms with Gasteiger partial charge in [-0.15, -0.1) is 5.10 Å². The van der Waals surface area contributed by atoms with Crippen molar-refractivity contribution in [2.24, 2.45) is 0 Å². The number of benzene rings is 2. The van der Waals surface area contributed by atoms with Gasteiger partial charge in [0.05, 0.1) is 30.2 Å². The molecule has 0 radical (unpaired) electrons. The molecule has 0 bridgehead atoms. The summed E-state index contributed by atoms with van der Waals surface area (Å²) in [5, 5.41) is 9.68. The Morgan fingerprint density at radius 1 is 1.06 bits per heavy atom. The maximum atomic E-state index is 13.1. The van der Waals surface area contributed by atoms with Gasteiger partial charge in [0.1, 0.15) is 11.6 Å². The number of piperazine rings is 1. The Morgan fingerprint density at radius 2 is 1.82 bits per heavy atom. The van der Waals surface area contributed by atoms with E-state index in [2.05, 4.69) is 20.2 Å². The van der Waals surface area contributed by atoms with E-state index >= 15 is 0 Å². The second kappa shape index (κ2) is 9.18. The van der Waals surface area contributed by atoms with E-state index in [9.17, 15) is 9.18 Å². The Hall–Kier alpha value is -3.85. The lowest BCUT2D eigenvalue weighted by atomic mass is 10.1. The van der Waals surface area contributed by atoms with Crippen molar-refractivity contribution in [2.75, 3.05) is 33.3 Å². The summed E-state index contributed by atoms with van der Waals surface area (Å²) < 4.78 is 20.3. The van der Waals surface area contributed by atoms with Gasteiger partial charge >= 0.3 is 0 Å². The van der Waals surface area contributed by atoms with Crippen LogP contribution in [0.1, 0.15) is 21.7 Å². The van der Waals surface area contributed by atoms with Crippen LogP contribution in [-0.2, 0) is 6.54 Å². The number of halogens is 1. The average molecular weight is 461 g/mol. The first-order chi connectivity index (χ1) is 16.5. The van der Waals surface area contributed by atoms with Crippen molar-refractivity contribution in [3.05, 3.63) is 77.5 Å². The highest BCUT2D eigenvalue weighted by molar-refractivity contribution is 5.94. The van der Waals surface area contributed by atoms with Gasteiger partial charge in [-0.25, -0.2) is 9.07 Å². The van der Waals surface area contributed by atoms with E-state index in [0.29, 0.717) is 25.2 Å². The van der Waals surface area contributed by atoms with E-state index in [1.54, 1.807) is 16.7 Å². The van der Waals surface area contributed by atoms with Crippen LogP contribution in [0.25, 0.3) is 16.6 Å². The Labute approximate surface area is 196 Å². The van der Waals surface area contributed by atoms with Crippen LogP contribution in [0.15, 0.2) is 54.7 Å². The van der Waals surface area contributed by atoms with E-state index in [4.69, 9.17) is 4.74 Å². The molecule has 1 fully saturated rings. The summed E-state index contributed by atoms with van der Waals surface area (Å²) in [6.45, 7) is 5.28. The van der Waals surface area contributed by atoms with Crippen molar-refractivity contribution in [1.29, 1.82) is 0 Å². The molecule has 9 heteroatoms. The van der Waals surface area contributed by atoms with Crippen LogP contribution in [0.3, 0.4) is 0 Å². The van der Waals surface area contributed by atoms with Gasteiger partial charge in [0, 0.05) is 49.4 Å². The molecular weight excluding hydrogens is 435 g/mol. The predicted octanol–water partition coefficient (Wildman–Crippen LogP) is 3.23. The summed E-state index contributed by atoms with van der Waals surface area (Å²) >= 11 is 0. The van der Waals surface area contributed by atoms with E-state index in [1.807, 2.05) is 37.4 Å². The van der Waals surface area contributed by atoms with Crippen LogP contribution in [0.5, 0.6) is 5.75 Å². The fourth-order valence-corrected chi connectivity index (χ4v) is 4.23. The zero-order valence-electron chi connectivity index (χ0n) is 19.1. The molecule has 34 heavy (non-hydrogen) atoms. The number of hydrogen-bond donors (Lipinski definition) is 0. The third-order valence-electron chi connectivity index (χ3n) is 6.05. The minimum Gasteiger partial charge on any atom is -0.497 e. The van der Waals surface area contributed by atoms with Crippen LogP contribution >= 0.6 is 0 Å². The lowest BCUT2D eigenvalue weighted by Crippen LogP contribution is -2.48. The second-order valence-electron chi connectivity index (χ2n) is 8.40. The van der Waals surface area contributed by atoms with Crippen molar-refractivity contribution in [1.82, 2.24) is 29.8 Å². The molecule has 1 aliphatic rings. The SMILES string of the molecule is COc1ccc2nc(C)cc(-n3cc(CN4CCN(C(=O)c5ccc(F)cc5)CC4)nn3)c2c1. The molecule has 8 nitrogen and oxygen atoms in total. The van der Waals surface area contributed by atoms with E-state index in [-0.39, 0.29) is 11.7 Å². The average Bonchev–Trinajstić information content (AvgIpc) is 3.32. The Morgan fingerprint density at radius 3 is 2.56 bits per heavy atom. The molecule has 0 unspecified atom stereocenters. The van der Waals surface area contributed by atoms with Gasteiger partial charge in [-0.1, -0.05) is 5.21 Å². The molecule has 1 amide bonds. The highest BCUT2D eigenvalue weighted by Crippen LogP contribution is 2.26. The number of carbonyl (C=O) groups excluding carboxylic acids is 1. The Kier molecular flexibility index (Phi) is 5.93. The molecule has 174 valence electrons. The van der Waals surface area contributed by atoms with Gasteiger partial charge in [-0.05, 0) is 55.5 Å². The quantitative estimate of drug-likeness (QED) is 0.455. The first-order valence-electron chi connectivity index (χ1n) is 11.1. The fourth-order valence-electron chi connectivity index (χ4n) is 4.23. The number of pyridine rings is 1. The number of nitrogens with zero attached hydrogens (tertiary/aromatic N) is 6. The van der Waals surface area contributed by atoms with Crippen LogP contribution in [-0.4, -0.2) is 69.0 Å². The van der Waals surface area contributed by atoms with E-state index in [1.165, 1.54) is 24.3 Å². The van der Waals surface area contributed by atoms with Gasteiger partial charge < -0.3 is 9.64 Å². The first kappa shape index (κ1) is 22.0. The monoisotopic (exact) mass is 460 g/mol. The van der Waals surface area contributed by atoms with Crippen LogP contribution in [0.4, 0.5) is 4.39 Å². The summed E-state index contributed by atoms with van der Waals surface area (Å²) in [5.41, 5.74) is 4.02. The van der Waals surface area contributed by atoms with Crippen LogP contribution in [0, 0.1) is 12.7 Å². The zero-order chi connectivity index (χ0) is 23.7. The van der Waals surface area contributed by atoms with Crippen LogP contribution < -0.4 is 4.74 Å². The second-order valence-corrected chi connectivity index (χ2v) is 8.40. The number of methoxy groups -OCH3 is 1. The van der Waals surface area contributed by atoms with Crippen molar-refractivity contribution in [3.63, 3.8) is 0 Å². The Balaban J connectivity index is 1.27. The van der Waals surface area contributed by atoms with Gasteiger partial charge in [0.15, 0.2) is 0 Å². The summed E-state index contributed by atoms with van der Waals surface area (Å²) in [7, 11) is 1.64. The number of ether oxygens (including phenoxy) is 1. The molecule has 3 heterocycles. The molecule has 0 N–H and O–H groups in total. The molecular formula is C25H25FN6O2. The third kappa shape index (κ3) is 4.47. The smallest absolute Gasteiger partial charge is 0.253 e. The number of carbonyl (C=O) groups is 1. The number of fused-ring (bicyclic) bond motifs is 1. The molecule has 0 aliphatic carbocycles. The Bertz CT molecular complexity index is 1330. The maximum Gasteiger partial charge on any atom is 0.253 e. The summed E-state index contributed by atoms with van der Waals surface area (Å²) in [6.07, 6.45) is 1.93. The minimum atomic E-state index is -0.344. The van der Waals surface area contributed by atoms with Crippen molar-refractivity contribution >= 4 is 16.8 Å². The molecule has 1 aliphatic heterocycles.